The second kappa shape index (κ2) is 10.9. The lowest BCUT2D eigenvalue weighted by Gasteiger charge is -2.47. The molecule has 7 nitrogen and oxygen atoms in total. The normalized spacial score (nSPS) is 19.3. The van der Waals surface area contributed by atoms with Crippen molar-refractivity contribution in [2.75, 3.05) is 6.54 Å². The first-order valence-electron chi connectivity index (χ1n) is 13.0. The number of nitrogens with zero attached hydrogens (tertiary/aromatic N) is 2. The summed E-state index contributed by atoms with van der Waals surface area (Å²) in [4.78, 5) is 21.4. The SMILES string of the molecule is CCc1cnc2c(c1)[C@@H](NC[C@H](O)[C@H](Cc1ccccc1)NC(=O)c1ncccc1F)CC1(CCC1)O2. The lowest BCUT2D eigenvalue weighted by Crippen LogP contribution is -2.52. The molecule has 3 atom stereocenters. The van der Waals surface area contributed by atoms with Gasteiger partial charge in [0.25, 0.3) is 5.91 Å². The van der Waals surface area contributed by atoms with E-state index >= 15 is 0 Å². The molecule has 0 radical (unpaired) electrons. The summed E-state index contributed by atoms with van der Waals surface area (Å²) < 4.78 is 20.5. The maximum atomic E-state index is 14.2. The van der Waals surface area contributed by atoms with Crippen LogP contribution in [0.4, 0.5) is 4.39 Å². The Morgan fingerprint density at radius 3 is 2.70 bits per heavy atom. The zero-order valence-corrected chi connectivity index (χ0v) is 21.0. The highest BCUT2D eigenvalue weighted by Gasteiger charge is 2.46. The average Bonchev–Trinajstić information content (AvgIpc) is 2.90. The average molecular weight is 505 g/mol. The summed E-state index contributed by atoms with van der Waals surface area (Å²) in [6.07, 6.45) is 7.49. The van der Waals surface area contributed by atoms with E-state index in [9.17, 15) is 14.3 Å². The fourth-order valence-corrected chi connectivity index (χ4v) is 5.18. The second-order valence-corrected chi connectivity index (χ2v) is 10.1. The Balaban J connectivity index is 1.33. The molecule has 1 aromatic carbocycles. The minimum atomic E-state index is -0.929. The number of aryl methyl sites for hydroxylation is 1. The van der Waals surface area contributed by atoms with Crippen molar-refractivity contribution in [1.29, 1.82) is 0 Å². The molecule has 5 rings (SSSR count). The van der Waals surface area contributed by atoms with Crippen molar-refractivity contribution < 1.29 is 19.0 Å². The summed E-state index contributed by atoms with van der Waals surface area (Å²) in [6.45, 7) is 2.33. The van der Waals surface area contributed by atoms with E-state index in [-0.39, 0.29) is 23.9 Å². The van der Waals surface area contributed by atoms with Crippen LogP contribution in [-0.4, -0.2) is 45.3 Å². The number of benzene rings is 1. The Labute approximate surface area is 216 Å². The second-order valence-electron chi connectivity index (χ2n) is 10.1. The fraction of sp³-hybridized carbons (Fsp3) is 0.414. The van der Waals surface area contributed by atoms with Gasteiger partial charge in [-0.15, -0.1) is 0 Å². The Hall–Kier alpha value is -3.36. The zero-order valence-electron chi connectivity index (χ0n) is 21.0. The molecule has 1 amide bonds. The van der Waals surface area contributed by atoms with Gasteiger partial charge in [0, 0.05) is 37.0 Å². The molecule has 2 aromatic heterocycles. The number of amides is 1. The standard InChI is InChI=1S/C29H33FN4O3/c1-2-19-14-21-24(16-29(11-7-12-29)37-28(21)33-17-19)32-18-25(35)23(15-20-8-4-3-5-9-20)34-27(36)26-22(30)10-6-13-31-26/h3-6,8-10,13-14,17,23-25,32,35H,2,7,11-12,15-16,18H2,1H3,(H,34,36)/t23-,24-,25-/m0/s1. The molecule has 0 bridgehead atoms. The van der Waals surface area contributed by atoms with Gasteiger partial charge in [-0.2, -0.15) is 0 Å². The van der Waals surface area contributed by atoms with Gasteiger partial charge in [-0.3, -0.25) is 4.79 Å². The van der Waals surface area contributed by atoms with E-state index in [1.165, 1.54) is 18.3 Å². The van der Waals surface area contributed by atoms with Crippen LogP contribution in [0.5, 0.6) is 5.88 Å². The van der Waals surface area contributed by atoms with Crippen molar-refractivity contribution in [3.8, 4) is 5.88 Å². The third kappa shape index (κ3) is 5.65. The number of hydrogen-bond donors (Lipinski definition) is 3. The molecule has 1 fully saturated rings. The van der Waals surface area contributed by atoms with E-state index in [1.54, 1.807) is 0 Å². The van der Waals surface area contributed by atoms with Crippen molar-refractivity contribution in [2.24, 2.45) is 0 Å². The number of aliphatic hydroxyl groups excluding tert-OH is 1. The Morgan fingerprint density at radius 2 is 2.00 bits per heavy atom. The van der Waals surface area contributed by atoms with Gasteiger partial charge in [0.15, 0.2) is 11.5 Å². The van der Waals surface area contributed by atoms with Crippen LogP contribution in [0.2, 0.25) is 0 Å². The predicted octanol–water partition coefficient (Wildman–Crippen LogP) is 3.92. The smallest absolute Gasteiger partial charge is 0.273 e. The fourth-order valence-electron chi connectivity index (χ4n) is 5.18. The molecule has 3 N–H and O–H groups in total. The molecule has 0 unspecified atom stereocenters. The molecule has 1 saturated carbocycles. The Bertz CT molecular complexity index is 1230. The molecule has 37 heavy (non-hydrogen) atoms. The van der Waals surface area contributed by atoms with Crippen molar-refractivity contribution in [3.63, 3.8) is 0 Å². The van der Waals surface area contributed by atoms with Crippen molar-refractivity contribution in [1.82, 2.24) is 20.6 Å². The molecule has 0 saturated heterocycles. The van der Waals surface area contributed by atoms with Crippen LogP contribution in [0.3, 0.4) is 0 Å². The van der Waals surface area contributed by atoms with Crippen LogP contribution in [-0.2, 0) is 12.8 Å². The summed E-state index contributed by atoms with van der Waals surface area (Å²) >= 11 is 0. The highest BCUT2D eigenvalue weighted by atomic mass is 19.1. The van der Waals surface area contributed by atoms with Crippen LogP contribution in [0, 0.1) is 5.82 Å². The maximum absolute atomic E-state index is 14.2. The van der Waals surface area contributed by atoms with E-state index in [4.69, 9.17) is 4.74 Å². The third-order valence-electron chi connectivity index (χ3n) is 7.50. The Kier molecular flexibility index (Phi) is 7.48. The number of aromatic nitrogens is 2. The highest BCUT2D eigenvalue weighted by Crippen LogP contribution is 2.48. The first kappa shape index (κ1) is 25.3. The lowest BCUT2D eigenvalue weighted by atomic mass is 9.73. The molecule has 3 heterocycles. The third-order valence-corrected chi connectivity index (χ3v) is 7.50. The monoisotopic (exact) mass is 504 g/mol. The minimum Gasteiger partial charge on any atom is -0.471 e. The van der Waals surface area contributed by atoms with Crippen LogP contribution in [0.15, 0.2) is 60.9 Å². The van der Waals surface area contributed by atoms with E-state index in [2.05, 4.69) is 33.6 Å². The van der Waals surface area contributed by atoms with Gasteiger partial charge in [-0.25, -0.2) is 14.4 Å². The number of halogens is 1. The molecule has 2 aliphatic rings. The van der Waals surface area contributed by atoms with Crippen LogP contribution in [0.25, 0.3) is 0 Å². The summed E-state index contributed by atoms with van der Waals surface area (Å²) in [5.41, 5.74) is 2.60. The van der Waals surface area contributed by atoms with Gasteiger partial charge in [0.05, 0.1) is 12.1 Å². The number of aliphatic hydroxyl groups is 1. The number of nitrogens with one attached hydrogen (secondary N) is 2. The number of carbonyl (C=O) groups excluding carboxylic acids is 1. The summed E-state index contributed by atoms with van der Waals surface area (Å²) in [6, 6.07) is 13.7. The number of hydrogen-bond acceptors (Lipinski definition) is 6. The topological polar surface area (TPSA) is 96.4 Å². The number of ether oxygens (including phenoxy) is 1. The van der Waals surface area contributed by atoms with Gasteiger partial charge in [0.1, 0.15) is 5.60 Å². The molecule has 3 aromatic rings. The summed E-state index contributed by atoms with van der Waals surface area (Å²) in [5.74, 6) is -0.690. The number of pyridine rings is 2. The van der Waals surface area contributed by atoms with Crippen LogP contribution >= 0.6 is 0 Å². The summed E-state index contributed by atoms with van der Waals surface area (Å²) in [7, 11) is 0. The minimum absolute atomic E-state index is 0.0287. The molecular weight excluding hydrogens is 471 g/mol. The van der Waals surface area contributed by atoms with Gasteiger partial charge >= 0.3 is 0 Å². The lowest BCUT2D eigenvalue weighted by molar-refractivity contribution is -0.0420. The molecular formula is C29H33FN4O3. The molecule has 194 valence electrons. The zero-order chi connectivity index (χ0) is 25.8. The number of rotatable bonds is 9. The van der Waals surface area contributed by atoms with Crippen LogP contribution < -0.4 is 15.4 Å². The van der Waals surface area contributed by atoms with Crippen molar-refractivity contribution >= 4 is 5.91 Å². The van der Waals surface area contributed by atoms with Crippen molar-refractivity contribution in [3.05, 3.63) is 89.1 Å². The van der Waals surface area contributed by atoms with Crippen molar-refractivity contribution in [2.45, 2.75) is 69.2 Å². The van der Waals surface area contributed by atoms with E-state index in [1.807, 2.05) is 36.5 Å². The van der Waals surface area contributed by atoms with Gasteiger partial charge < -0.3 is 20.5 Å². The van der Waals surface area contributed by atoms with E-state index < -0.39 is 23.9 Å². The van der Waals surface area contributed by atoms with E-state index in [0.717, 1.165) is 48.8 Å². The van der Waals surface area contributed by atoms with E-state index in [0.29, 0.717) is 12.3 Å². The summed E-state index contributed by atoms with van der Waals surface area (Å²) in [5, 5.41) is 17.6. The maximum Gasteiger partial charge on any atom is 0.273 e. The highest BCUT2D eigenvalue weighted by molar-refractivity contribution is 5.92. The quantitative estimate of drug-likeness (QED) is 0.409. The number of fused-ring (bicyclic) bond motifs is 1. The predicted molar refractivity (Wildman–Crippen MR) is 138 cm³/mol. The van der Waals surface area contributed by atoms with Gasteiger partial charge in [0.2, 0.25) is 5.88 Å². The first-order chi connectivity index (χ1) is 18.0. The van der Waals surface area contributed by atoms with Gasteiger partial charge in [-0.05, 0) is 61.4 Å². The number of carbonyl (C=O) groups is 1. The molecule has 1 spiro atoms. The van der Waals surface area contributed by atoms with Gasteiger partial charge in [-0.1, -0.05) is 37.3 Å². The first-order valence-corrected chi connectivity index (χ1v) is 13.0. The molecule has 1 aliphatic heterocycles. The molecule has 1 aliphatic carbocycles. The molecule has 8 heteroatoms. The van der Waals surface area contributed by atoms with Crippen LogP contribution in [0.1, 0.15) is 65.8 Å². The Morgan fingerprint density at radius 1 is 1.19 bits per heavy atom. The largest absolute Gasteiger partial charge is 0.471 e.